The van der Waals surface area contributed by atoms with Crippen LogP contribution in [0.3, 0.4) is 0 Å². The Kier molecular flexibility index (Phi) is 6.23. The Morgan fingerprint density at radius 3 is 2.66 bits per heavy atom. The molecule has 3 rings (SSSR count). The lowest BCUT2D eigenvalue weighted by molar-refractivity contribution is -0.137. The van der Waals surface area contributed by atoms with Crippen LogP contribution in [-0.2, 0) is 6.18 Å². The number of benzene rings is 1. The number of halogens is 3. The van der Waals surface area contributed by atoms with E-state index in [9.17, 15) is 23.4 Å². The number of phenols is 1. The largest absolute Gasteiger partial charge is 0.507 e. The molecule has 158 valence electrons. The van der Waals surface area contributed by atoms with Gasteiger partial charge < -0.3 is 15.5 Å². The molecule has 3 N–H and O–H groups in total. The third-order valence-corrected chi connectivity index (χ3v) is 5.13. The van der Waals surface area contributed by atoms with Crippen LogP contribution in [0.4, 0.5) is 19.1 Å². The summed E-state index contributed by atoms with van der Waals surface area (Å²) in [5, 5.41) is 30.7. The average molecular weight is 411 g/mol. The molecule has 7 nitrogen and oxygen atoms in total. The molecule has 0 saturated carbocycles. The fourth-order valence-electron chi connectivity index (χ4n) is 3.54. The van der Waals surface area contributed by atoms with E-state index in [4.69, 9.17) is 0 Å². The number of aliphatic hydroxyl groups is 1. The van der Waals surface area contributed by atoms with E-state index in [2.05, 4.69) is 25.4 Å². The van der Waals surface area contributed by atoms with Crippen molar-refractivity contribution in [3.63, 3.8) is 0 Å². The monoisotopic (exact) mass is 411 g/mol. The standard InChI is InChI=1S/C19H24F3N5O2/c1-11-6-13(19(20,21)22)7-16(29)17(11)15-8-23-18(26-25-15)24-14-4-3-5-27(9-14)12(2)10-28/h6-8,12,14,28-29H,3-5,9-10H2,1-2H3,(H,23,24,26). The normalized spacial score (nSPS) is 19.2. The first-order valence-electron chi connectivity index (χ1n) is 9.41. The summed E-state index contributed by atoms with van der Waals surface area (Å²) in [6, 6.07) is 1.81. The number of hydrogen-bond acceptors (Lipinski definition) is 7. The van der Waals surface area contributed by atoms with E-state index in [1.807, 2.05) is 6.92 Å². The van der Waals surface area contributed by atoms with E-state index >= 15 is 0 Å². The number of likely N-dealkylation sites (tertiary alicyclic amines) is 1. The maximum Gasteiger partial charge on any atom is 0.416 e. The number of nitrogens with one attached hydrogen (secondary N) is 1. The smallest absolute Gasteiger partial charge is 0.416 e. The average Bonchev–Trinajstić information content (AvgIpc) is 2.67. The zero-order valence-electron chi connectivity index (χ0n) is 16.2. The predicted molar refractivity (Wildman–Crippen MR) is 101 cm³/mol. The van der Waals surface area contributed by atoms with Gasteiger partial charge in [0.15, 0.2) is 0 Å². The van der Waals surface area contributed by atoms with Gasteiger partial charge in [-0.15, -0.1) is 10.2 Å². The fraction of sp³-hybridized carbons (Fsp3) is 0.526. The number of aliphatic hydroxyl groups excluding tert-OH is 1. The molecule has 2 unspecified atom stereocenters. The van der Waals surface area contributed by atoms with E-state index < -0.39 is 17.5 Å². The summed E-state index contributed by atoms with van der Waals surface area (Å²) < 4.78 is 38.6. The predicted octanol–water partition coefficient (Wildman–Crippen LogP) is 2.83. The second-order valence-corrected chi connectivity index (χ2v) is 7.36. The summed E-state index contributed by atoms with van der Waals surface area (Å²) in [4.78, 5) is 6.39. The molecule has 0 amide bonds. The van der Waals surface area contributed by atoms with Crippen LogP contribution in [0.5, 0.6) is 5.75 Å². The summed E-state index contributed by atoms with van der Waals surface area (Å²) in [5.74, 6) is -0.212. The summed E-state index contributed by atoms with van der Waals surface area (Å²) in [7, 11) is 0. The molecular weight excluding hydrogens is 387 g/mol. The Balaban J connectivity index is 1.74. The van der Waals surface area contributed by atoms with Crippen LogP contribution < -0.4 is 5.32 Å². The molecule has 10 heteroatoms. The molecule has 2 aromatic rings. The van der Waals surface area contributed by atoms with Crippen molar-refractivity contribution in [2.24, 2.45) is 0 Å². The molecule has 0 radical (unpaired) electrons. The Morgan fingerprint density at radius 2 is 2.07 bits per heavy atom. The number of hydrogen-bond donors (Lipinski definition) is 3. The van der Waals surface area contributed by atoms with Gasteiger partial charge in [0.25, 0.3) is 0 Å². The molecule has 2 heterocycles. The molecule has 0 aliphatic carbocycles. The van der Waals surface area contributed by atoms with Crippen LogP contribution in [0.15, 0.2) is 18.3 Å². The highest BCUT2D eigenvalue weighted by molar-refractivity contribution is 5.70. The third kappa shape index (κ3) is 4.94. The minimum absolute atomic E-state index is 0.0756. The molecule has 29 heavy (non-hydrogen) atoms. The number of aromatic hydroxyl groups is 1. The lowest BCUT2D eigenvalue weighted by atomic mass is 10.0. The van der Waals surface area contributed by atoms with Crippen LogP contribution in [0.2, 0.25) is 0 Å². The van der Waals surface area contributed by atoms with Crippen LogP contribution in [-0.4, -0.2) is 62.1 Å². The Hall–Kier alpha value is -2.46. The quantitative estimate of drug-likeness (QED) is 0.697. The van der Waals surface area contributed by atoms with Gasteiger partial charge in [0, 0.05) is 24.2 Å². The minimum atomic E-state index is -4.54. The summed E-state index contributed by atoms with van der Waals surface area (Å²) >= 11 is 0. The molecule has 1 fully saturated rings. The van der Waals surface area contributed by atoms with Crippen LogP contribution in [0, 0.1) is 6.92 Å². The topological polar surface area (TPSA) is 94.4 Å². The van der Waals surface area contributed by atoms with E-state index in [1.54, 1.807) is 0 Å². The van der Waals surface area contributed by atoms with Gasteiger partial charge in [-0.3, -0.25) is 4.90 Å². The number of alkyl halides is 3. The second-order valence-electron chi connectivity index (χ2n) is 7.36. The zero-order chi connectivity index (χ0) is 21.2. The molecule has 1 aliphatic heterocycles. The van der Waals surface area contributed by atoms with Gasteiger partial charge in [-0.05, 0) is 50.9 Å². The molecule has 0 bridgehead atoms. The number of piperidine rings is 1. The van der Waals surface area contributed by atoms with Crippen LogP contribution in [0.25, 0.3) is 11.3 Å². The van der Waals surface area contributed by atoms with Gasteiger partial charge in [0.2, 0.25) is 5.95 Å². The highest BCUT2D eigenvalue weighted by Gasteiger charge is 2.32. The Labute approximate surface area is 166 Å². The van der Waals surface area contributed by atoms with Crippen molar-refractivity contribution in [2.45, 2.75) is 44.9 Å². The number of phenolic OH excluding ortho intramolecular Hbond substituents is 1. The molecular formula is C19H24F3N5O2. The van der Waals surface area contributed by atoms with Gasteiger partial charge in [-0.25, -0.2) is 4.98 Å². The molecule has 1 aromatic heterocycles. The first kappa shape index (κ1) is 21.3. The number of anilines is 1. The van der Waals surface area contributed by atoms with Crippen molar-refractivity contribution in [3.8, 4) is 17.0 Å². The zero-order valence-corrected chi connectivity index (χ0v) is 16.2. The lowest BCUT2D eigenvalue weighted by Crippen LogP contribution is -2.47. The number of nitrogens with zero attached hydrogens (tertiary/aromatic N) is 4. The van der Waals surface area contributed by atoms with Gasteiger partial charge in [-0.1, -0.05) is 0 Å². The van der Waals surface area contributed by atoms with Gasteiger partial charge in [0.05, 0.1) is 18.4 Å². The van der Waals surface area contributed by atoms with Crippen molar-refractivity contribution >= 4 is 5.95 Å². The van der Waals surface area contributed by atoms with Crippen molar-refractivity contribution < 1.29 is 23.4 Å². The van der Waals surface area contributed by atoms with E-state index in [0.29, 0.717) is 12.0 Å². The van der Waals surface area contributed by atoms with Crippen LogP contribution in [0.1, 0.15) is 30.9 Å². The first-order valence-corrected chi connectivity index (χ1v) is 9.41. The molecule has 1 saturated heterocycles. The molecule has 2 atom stereocenters. The van der Waals surface area contributed by atoms with E-state index in [0.717, 1.165) is 32.0 Å². The fourth-order valence-corrected chi connectivity index (χ4v) is 3.54. The van der Waals surface area contributed by atoms with Crippen LogP contribution >= 0.6 is 0 Å². The van der Waals surface area contributed by atoms with E-state index in [1.165, 1.54) is 13.1 Å². The van der Waals surface area contributed by atoms with Crippen molar-refractivity contribution in [1.82, 2.24) is 20.1 Å². The van der Waals surface area contributed by atoms with Crippen molar-refractivity contribution in [3.05, 3.63) is 29.5 Å². The second kappa shape index (κ2) is 8.50. The maximum absolute atomic E-state index is 12.9. The summed E-state index contributed by atoms with van der Waals surface area (Å²) in [6.45, 7) is 5.19. The van der Waals surface area contributed by atoms with Gasteiger partial charge in [-0.2, -0.15) is 13.2 Å². The number of aryl methyl sites for hydroxylation is 1. The number of rotatable bonds is 5. The highest BCUT2D eigenvalue weighted by atomic mass is 19.4. The SMILES string of the molecule is Cc1cc(C(F)(F)F)cc(O)c1-c1cnc(NC2CCCN(C(C)CO)C2)nn1. The van der Waals surface area contributed by atoms with E-state index in [-0.39, 0.29) is 35.5 Å². The maximum atomic E-state index is 12.9. The Morgan fingerprint density at radius 1 is 1.31 bits per heavy atom. The van der Waals surface area contributed by atoms with Gasteiger partial charge in [0.1, 0.15) is 11.4 Å². The van der Waals surface area contributed by atoms with Crippen molar-refractivity contribution in [1.29, 1.82) is 0 Å². The lowest BCUT2D eigenvalue weighted by Gasteiger charge is -2.36. The third-order valence-electron chi connectivity index (χ3n) is 5.13. The summed E-state index contributed by atoms with van der Waals surface area (Å²) in [5.41, 5.74) is -0.326. The van der Waals surface area contributed by atoms with Crippen molar-refractivity contribution in [2.75, 3.05) is 25.0 Å². The minimum Gasteiger partial charge on any atom is -0.507 e. The van der Waals surface area contributed by atoms with Gasteiger partial charge >= 0.3 is 6.18 Å². The number of aromatic nitrogens is 3. The molecule has 0 spiro atoms. The highest BCUT2D eigenvalue weighted by Crippen LogP contribution is 2.38. The summed E-state index contributed by atoms with van der Waals surface area (Å²) in [6.07, 6.45) is -1.26. The molecule has 1 aliphatic rings. The first-order chi connectivity index (χ1) is 13.7. The molecule has 1 aromatic carbocycles. The Bertz CT molecular complexity index is 822.